The molecule has 0 spiro atoms. The van der Waals surface area contributed by atoms with Crippen LogP contribution in [-0.2, 0) is 4.79 Å². The van der Waals surface area contributed by atoms with Gasteiger partial charge in [0.05, 0.1) is 18.7 Å². The van der Waals surface area contributed by atoms with Gasteiger partial charge in [-0.15, -0.1) is 0 Å². The van der Waals surface area contributed by atoms with E-state index in [4.69, 9.17) is 5.73 Å². The molecule has 1 aliphatic rings. The maximum absolute atomic E-state index is 13.7. The number of rotatable bonds is 4. The molecule has 25 heavy (non-hydrogen) atoms. The van der Waals surface area contributed by atoms with E-state index < -0.39 is 18.3 Å². The van der Waals surface area contributed by atoms with Crippen LogP contribution in [0.4, 0.5) is 4.39 Å². The maximum atomic E-state index is 13.7. The molecule has 0 bridgehead atoms. The molecule has 3 atom stereocenters. The molecule has 1 heterocycles. The maximum Gasteiger partial charge on any atom is 0.241 e. The third-order valence-electron chi connectivity index (χ3n) is 4.64. The van der Waals surface area contributed by atoms with Crippen molar-refractivity contribution in [2.45, 2.75) is 30.6 Å². The first-order valence-corrected chi connectivity index (χ1v) is 8.31. The Morgan fingerprint density at radius 3 is 2.12 bits per heavy atom. The highest BCUT2D eigenvalue weighted by atomic mass is 19.1. The highest BCUT2D eigenvalue weighted by Gasteiger charge is 2.40. The van der Waals surface area contributed by atoms with Crippen LogP contribution in [-0.4, -0.2) is 35.6 Å². The van der Waals surface area contributed by atoms with E-state index in [1.165, 1.54) is 4.90 Å². The van der Waals surface area contributed by atoms with Crippen molar-refractivity contribution in [3.63, 3.8) is 0 Å². The van der Waals surface area contributed by atoms with Crippen molar-refractivity contribution < 1.29 is 9.18 Å². The second-order valence-electron chi connectivity index (χ2n) is 6.29. The number of alkyl halides is 1. The van der Waals surface area contributed by atoms with Crippen LogP contribution in [0.5, 0.6) is 0 Å². The van der Waals surface area contributed by atoms with E-state index in [2.05, 4.69) is 0 Å². The molecule has 3 rings (SSSR count). The Hall–Kier alpha value is -2.71. The fourth-order valence-corrected chi connectivity index (χ4v) is 3.41. The van der Waals surface area contributed by atoms with Gasteiger partial charge in [-0.05, 0) is 11.1 Å². The van der Waals surface area contributed by atoms with Crippen LogP contribution in [0, 0.1) is 11.3 Å². The summed E-state index contributed by atoms with van der Waals surface area (Å²) in [5.74, 6) is -0.739. The summed E-state index contributed by atoms with van der Waals surface area (Å²) >= 11 is 0. The average Bonchev–Trinajstić information content (AvgIpc) is 3.04. The monoisotopic (exact) mass is 337 g/mol. The van der Waals surface area contributed by atoms with Crippen molar-refractivity contribution in [2.75, 3.05) is 6.54 Å². The first kappa shape index (κ1) is 17.1. The first-order chi connectivity index (χ1) is 12.1. The van der Waals surface area contributed by atoms with Crippen molar-refractivity contribution in [3.8, 4) is 6.07 Å². The van der Waals surface area contributed by atoms with E-state index in [0.29, 0.717) is 0 Å². The summed E-state index contributed by atoms with van der Waals surface area (Å²) < 4.78 is 13.7. The van der Waals surface area contributed by atoms with E-state index in [9.17, 15) is 14.4 Å². The number of likely N-dealkylation sites (tertiary alicyclic amines) is 1. The Morgan fingerprint density at radius 2 is 1.64 bits per heavy atom. The van der Waals surface area contributed by atoms with Gasteiger partial charge in [-0.25, -0.2) is 4.39 Å². The summed E-state index contributed by atoms with van der Waals surface area (Å²) in [5.41, 5.74) is 8.18. The van der Waals surface area contributed by atoms with Gasteiger partial charge in [-0.1, -0.05) is 60.7 Å². The number of benzene rings is 2. The minimum absolute atomic E-state index is 0.0519. The second kappa shape index (κ2) is 7.45. The number of amides is 1. The molecule has 1 amide bonds. The number of nitrogens with zero attached hydrogens (tertiary/aromatic N) is 2. The van der Waals surface area contributed by atoms with Gasteiger partial charge in [-0.3, -0.25) is 4.79 Å². The summed E-state index contributed by atoms with van der Waals surface area (Å²) in [6, 6.07) is 19.5. The van der Waals surface area contributed by atoms with Crippen molar-refractivity contribution in [3.05, 3.63) is 71.8 Å². The van der Waals surface area contributed by atoms with Crippen LogP contribution in [0.15, 0.2) is 60.7 Å². The number of halogens is 1. The molecule has 128 valence electrons. The molecule has 2 aromatic carbocycles. The highest BCUT2D eigenvalue weighted by molar-refractivity contribution is 5.84. The topological polar surface area (TPSA) is 70.1 Å². The van der Waals surface area contributed by atoms with Gasteiger partial charge >= 0.3 is 0 Å². The van der Waals surface area contributed by atoms with Crippen LogP contribution < -0.4 is 5.73 Å². The van der Waals surface area contributed by atoms with Crippen molar-refractivity contribution in [2.24, 2.45) is 5.73 Å². The summed E-state index contributed by atoms with van der Waals surface area (Å²) in [4.78, 5) is 14.2. The van der Waals surface area contributed by atoms with Gasteiger partial charge in [0.25, 0.3) is 0 Å². The van der Waals surface area contributed by atoms with E-state index in [1.807, 2.05) is 66.7 Å². The van der Waals surface area contributed by atoms with Gasteiger partial charge in [0, 0.05) is 12.3 Å². The molecule has 2 unspecified atom stereocenters. The standard InChI is InChI=1S/C20H20FN3O/c21-16-11-17(12-22)24(13-16)20(25)19(23)18(14-7-3-1-4-8-14)15-9-5-2-6-10-15/h1-10,16-19H,11,13,23H2/t16?,17?,19-/m0/s1. The van der Waals surface area contributed by atoms with Crippen molar-refractivity contribution in [1.82, 2.24) is 4.90 Å². The molecular weight excluding hydrogens is 317 g/mol. The summed E-state index contributed by atoms with van der Waals surface area (Å²) in [7, 11) is 0. The second-order valence-corrected chi connectivity index (χ2v) is 6.29. The molecule has 4 nitrogen and oxygen atoms in total. The van der Waals surface area contributed by atoms with Crippen LogP contribution >= 0.6 is 0 Å². The van der Waals surface area contributed by atoms with Gasteiger partial charge in [0.15, 0.2) is 0 Å². The predicted octanol–water partition coefficient (Wildman–Crippen LogP) is 2.61. The Labute approximate surface area is 146 Å². The quantitative estimate of drug-likeness (QED) is 0.932. The highest BCUT2D eigenvalue weighted by Crippen LogP contribution is 2.30. The first-order valence-electron chi connectivity index (χ1n) is 8.31. The lowest BCUT2D eigenvalue weighted by molar-refractivity contribution is -0.133. The molecule has 2 N–H and O–H groups in total. The van der Waals surface area contributed by atoms with E-state index in [1.54, 1.807) is 0 Å². The molecule has 0 aromatic heterocycles. The zero-order valence-electron chi connectivity index (χ0n) is 13.8. The third-order valence-corrected chi connectivity index (χ3v) is 4.64. The van der Waals surface area contributed by atoms with Crippen molar-refractivity contribution >= 4 is 5.91 Å². The number of hydrogen-bond acceptors (Lipinski definition) is 3. The number of carbonyl (C=O) groups excluding carboxylic acids is 1. The fraction of sp³-hybridized carbons (Fsp3) is 0.300. The Morgan fingerprint density at radius 1 is 1.12 bits per heavy atom. The zero-order valence-corrected chi connectivity index (χ0v) is 13.8. The van der Waals surface area contributed by atoms with E-state index in [-0.39, 0.29) is 24.8 Å². The minimum Gasteiger partial charge on any atom is -0.322 e. The van der Waals surface area contributed by atoms with Gasteiger partial charge in [0.2, 0.25) is 5.91 Å². The molecule has 1 fully saturated rings. The molecule has 0 aliphatic carbocycles. The van der Waals surface area contributed by atoms with Crippen LogP contribution in [0.3, 0.4) is 0 Å². The molecule has 5 heteroatoms. The minimum atomic E-state index is -1.17. The van der Waals surface area contributed by atoms with E-state index >= 15 is 0 Å². The number of hydrogen-bond donors (Lipinski definition) is 1. The van der Waals surface area contributed by atoms with Gasteiger partial charge in [0.1, 0.15) is 12.2 Å². The number of carbonyl (C=O) groups is 1. The molecular formula is C20H20FN3O. The molecule has 1 aliphatic heterocycles. The third kappa shape index (κ3) is 3.54. The van der Waals surface area contributed by atoms with Gasteiger partial charge < -0.3 is 10.6 Å². The number of nitriles is 1. The predicted molar refractivity (Wildman–Crippen MR) is 93.3 cm³/mol. The zero-order chi connectivity index (χ0) is 17.8. The summed E-state index contributed by atoms with van der Waals surface area (Å²) in [5, 5.41) is 9.21. The van der Waals surface area contributed by atoms with Crippen LogP contribution in [0.25, 0.3) is 0 Å². The molecule has 0 radical (unpaired) electrons. The van der Waals surface area contributed by atoms with Gasteiger partial charge in [-0.2, -0.15) is 5.26 Å². The lowest BCUT2D eigenvalue weighted by Crippen LogP contribution is -2.49. The van der Waals surface area contributed by atoms with Crippen LogP contribution in [0.2, 0.25) is 0 Å². The Kier molecular flexibility index (Phi) is 5.11. The van der Waals surface area contributed by atoms with Crippen LogP contribution in [0.1, 0.15) is 23.5 Å². The molecule has 0 saturated carbocycles. The largest absolute Gasteiger partial charge is 0.322 e. The van der Waals surface area contributed by atoms with E-state index in [0.717, 1.165) is 11.1 Å². The van der Waals surface area contributed by atoms with Crippen molar-refractivity contribution in [1.29, 1.82) is 5.26 Å². The SMILES string of the molecule is N#CC1CC(F)CN1C(=O)[C@@H](N)C(c1ccccc1)c1ccccc1. The molecule has 1 saturated heterocycles. The summed E-state index contributed by atoms with van der Waals surface area (Å²) in [6.07, 6.45) is -1.12. The smallest absolute Gasteiger partial charge is 0.241 e. The normalized spacial score (nSPS) is 21.1. The molecule has 2 aromatic rings. The average molecular weight is 337 g/mol. The fourth-order valence-electron chi connectivity index (χ4n) is 3.41. The number of nitrogens with two attached hydrogens (primary N) is 1. The Balaban J connectivity index is 1.94. The lowest BCUT2D eigenvalue weighted by atomic mass is 9.84. The Bertz CT molecular complexity index is 720. The summed E-state index contributed by atoms with van der Waals surface area (Å²) in [6.45, 7) is -0.0684. The lowest BCUT2D eigenvalue weighted by Gasteiger charge is -2.29.